The molecule has 1 saturated heterocycles. The zero-order valence-corrected chi connectivity index (χ0v) is 19.4. The van der Waals surface area contributed by atoms with Gasteiger partial charge >= 0.3 is 6.03 Å². The van der Waals surface area contributed by atoms with Gasteiger partial charge in [-0.15, -0.1) is 4.80 Å². The highest BCUT2D eigenvalue weighted by molar-refractivity contribution is 6.32. The lowest BCUT2D eigenvalue weighted by atomic mass is 10.2. The molecule has 1 fully saturated rings. The zero-order valence-electron chi connectivity index (χ0n) is 17.9. The lowest BCUT2D eigenvalue weighted by molar-refractivity contribution is -0.0102. The van der Waals surface area contributed by atoms with Crippen molar-refractivity contribution in [2.24, 2.45) is 0 Å². The second kappa shape index (κ2) is 9.50. The van der Waals surface area contributed by atoms with E-state index >= 15 is 0 Å². The molecule has 0 saturated carbocycles. The number of urea groups is 1. The van der Waals surface area contributed by atoms with E-state index in [2.05, 4.69) is 35.9 Å². The first-order chi connectivity index (χ1) is 16.5. The molecule has 4 aromatic heterocycles. The number of halogens is 2. The number of anilines is 2. The fourth-order valence-electron chi connectivity index (χ4n) is 3.64. The van der Waals surface area contributed by atoms with Crippen molar-refractivity contribution in [2.45, 2.75) is 25.6 Å². The summed E-state index contributed by atoms with van der Waals surface area (Å²) in [5.74, 6) is 0.340. The molecule has 34 heavy (non-hydrogen) atoms. The number of rotatable bonds is 6. The van der Waals surface area contributed by atoms with Crippen LogP contribution in [-0.2, 0) is 9.47 Å². The number of pyridine rings is 1. The van der Waals surface area contributed by atoms with Gasteiger partial charge in [-0.05, 0) is 19.4 Å². The number of ether oxygens (including phenoxy) is 2. The van der Waals surface area contributed by atoms with E-state index in [0.717, 1.165) is 6.42 Å². The number of carbonyl (C=O) groups excluding carboxylic acids is 1. The molecule has 176 valence electrons. The van der Waals surface area contributed by atoms with E-state index in [1.54, 1.807) is 16.6 Å². The molecule has 0 aliphatic carbocycles. The minimum absolute atomic E-state index is 0.0538. The Morgan fingerprint density at radius 3 is 2.76 bits per heavy atom. The smallest absolute Gasteiger partial charge is 0.323 e. The molecular weight excluding hydrogens is 485 g/mol. The SMILES string of the molecule is C[C@H](O[C@@H]1CCOC1)c1c(NC(=O)Nc2cnc(-n3nccn3)c(Cl)c2)cnc2cc(Cl)nn12. The summed E-state index contributed by atoms with van der Waals surface area (Å²) in [6.45, 7) is 3.03. The van der Waals surface area contributed by atoms with Crippen molar-refractivity contribution in [1.29, 1.82) is 0 Å². The molecule has 1 aliphatic heterocycles. The van der Waals surface area contributed by atoms with Crippen molar-refractivity contribution >= 4 is 46.3 Å². The number of fused-ring (bicyclic) bond motifs is 1. The van der Waals surface area contributed by atoms with Gasteiger partial charge in [0.25, 0.3) is 0 Å². The van der Waals surface area contributed by atoms with Crippen molar-refractivity contribution in [1.82, 2.24) is 34.6 Å². The Kier molecular flexibility index (Phi) is 6.28. The Morgan fingerprint density at radius 2 is 2.03 bits per heavy atom. The van der Waals surface area contributed by atoms with Gasteiger partial charge in [0.05, 0.1) is 65.7 Å². The van der Waals surface area contributed by atoms with Crippen LogP contribution in [0.3, 0.4) is 0 Å². The maximum absolute atomic E-state index is 12.8. The van der Waals surface area contributed by atoms with Crippen LogP contribution in [0, 0.1) is 0 Å². The summed E-state index contributed by atoms with van der Waals surface area (Å²) in [5, 5.41) is 18.3. The minimum Gasteiger partial charge on any atom is -0.379 e. The second-order valence-electron chi connectivity index (χ2n) is 7.49. The summed E-state index contributed by atoms with van der Waals surface area (Å²) in [4.78, 5) is 22.6. The monoisotopic (exact) mass is 503 g/mol. The molecule has 1 aliphatic rings. The first kappa shape index (κ1) is 22.5. The van der Waals surface area contributed by atoms with Crippen LogP contribution < -0.4 is 10.6 Å². The molecule has 4 aromatic rings. The minimum atomic E-state index is -0.528. The predicted octanol–water partition coefficient (Wildman–Crippen LogP) is 3.52. The third-order valence-corrected chi connectivity index (χ3v) is 5.56. The number of hydrogen-bond donors (Lipinski definition) is 2. The summed E-state index contributed by atoms with van der Waals surface area (Å²) < 4.78 is 13.1. The molecule has 0 radical (unpaired) electrons. The average molecular weight is 504 g/mol. The van der Waals surface area contributed by atoms with E-state index in [0.29, 0.717) is 41.7 Å². The molecule has 5 rings (SSSR count). The first-order valence-corrected chi connectivity index (χ1v) is 11.1. The van der Waals surface area contributed by atoms with Gasteiger partial charge in [-0.2, -0.15) is 15.3 Å². The third-order valence-electron chi connectivity index (χ3n) is 5.10. The Hall–Kier alpha value is -3.32. The molecule has 0 bridgehead atoms. The maximum Gasteiger partial charge on any atom is 0.323 e. The Balaban J connectivity index is 1.37. The lowest BCUT2D eigenvalue weighted by Gasteiger charge is -2.21. The van der Waals surface area contributed by atoms with Crippen LogP contribution in [-0.4, -0.2) is 59.9 Å². The number of amides is 2. The molecular formula is C20H19Cl2N9O3. The average Bonchev–Trinajstić information content (AvgIpc) is 3.55. The van der Waals surface area contributed by atoms with Crippen LogP contribution in [0.4, 0.5) is 16.2 Å². The number of nitrogens with zero attached hydrogens (tertiary/aromatic N) is 7. The van der Waals surface area contributed by atoms with Crippen molar-refractivity contribution in [3.63, 3.8) is 0 Å². The molecule has 2 N–H and O–H groups in total. The van der Waals surface area contributed by atoms with Crippen LogP contribution in [0.1, 0.15) is 25.1 Å². The third kappa shape index (κ3) is 4.66. The fourth-order valence-corrected chi connectivity index (χ4v) is 4.06. The summed E-state index contributed by atoms with van der Waals surface area (Å²) in [7, 11) is 0. The first-order valence-electron chi connectivity index (χ1n) is 10.4. The van der Waals surface area contributed by atoms with E-state index < -0.39 is 12.1 Å². The molecule has 2 amide bonds. The fraction of sp³-hybridized carbons (Fsp3) is 0.300. The van der Waals surface area contributed by atoms with Crippen LogP contribution in [0.5, 0.6) is 0 Å². The zero-order chi connectivity index (χ0) is 23.7. The highest BCUT2D eigenvalue weighted by Crippen LogP contribution is 2.29. The Labute approximate surface area is 203 Å². The molecule has 0 spiro atoms. The van der Waals surface area contributed by atoms with Crippen LogP contribution in [0.15, 0.2) is 36.9 Å². The van der Waals surface area contributed by atoms with E-state index in [4.69, 9.17) is 32.7 Å². The number of carbonyl (C=O) groups is 1. The van der Waals surface area contributed by atoms with Crippen molar-refractivity contribution in [2.75, 3.05) is 23.8 Å². The number of hydrogen-bond acceptors (Lipinski definition) is 8. The van der Waals surface area contributed by atoms with Gasteiger partial charge in [-0.1, -0.05) is 23.2 Å². The van der Waals surface area contributed by atoms with Crippen LogP contribution in [0.2, 0.25) is 10.2 Å². The van der Waals surface area contributed by atoms with Crippen LogP contribution in [0.25, 0.3) is 11.5 Å². The van der Waals surface area contributed by atoms with Crippen molar-refractivity contribution in [3.05, 3.63) is 52.8 Å². The van der Waals surface area contributed by atoms with Gasteiger partial charge < -0.3 is 20.1 Å². The molecule has 2 atom stereocenters. The molecule has 0 unspecified atom stereocenters. The largest absolute Gasteiger partial charge is 0.379 e. The van der Waals surface area contributed by atoms with E-state index in [9.17, 15) is 4.79 Å². The lowest BCUT2D eigenvalue weighted by Crippen LogP contribution is -2.24. The normalized spacial score (nSPS) is 16.6. The van der Waals surface area contributed by atoms with Gasteiger partial charge in [-0.25, -0.2) is 19.3 Å². The molecule has 14 heteroatoms. The number of nitrogens with one attached hydrogen (secondary N) is 2. The Bertz CT molecular complexity index is 1320. The highest BCUT2D eigenvalue weighted by atomic mass is 35.5. The van der Waals surface area contributed by atoms with Crippen molar-refractivity contribution < 1.29 is 14.3 Å². The summed E-state index contributed by atoms with van der Waals surface area (Å²) in [6, 6.07) is 2.65. The van der Waals surface area contributed by atoms with Gasteiger partial charge in [0.2, 0.25) is 0 Å². The summed E-state index contributed by atoms with van der Waals surface area (Å²) in [6.07, 6.45) is 6.31. The van der Waals surface area contributed by atoms with Gasteiger partial charge in [0.1, 0.15) is 0 Å². The van der Waals surface area contributed by atoms with Gasteiger partial charge in [-0.3, -0.25) is 0 Å². The van der Waals surface area contributed by atoms with E-state index in [-0.39, 0.29) is 16.3 Å². The second-order valence-corrected chi connectivity index (χ2v) is 8.28. The van der Waals surface area contributed by atoms with E-state index in [1.165, 1.54) is 29.6 Å². The molecule has 5 heterocycles. The number of aromatic nitrogens is 7. The standard InChI is InChI=1S/C20H19Cl2N9O3/c1-11(34-13-2-5-33-10-13)18-15(9-23-17-7-16(22)29-30(17)18)28-20(32)27-12-6-14(21)19(24-8-12)31-25-3-4-26-31/h3-4,6-9,11,13H,2,5,10H2,1H3,(H2,27,28,32)/t11-,13+/m0/s1. The summed E-state index contributed by atoms with van der Waals surface area (Å²) >= 11 is 12.4. The predicted molar refractivity (Wildman–Crippen MR) is 124 cm³/mol. The topological polar surface area (TPSA) is 133 Å². The quantitative estimate of drug-likeness (QED) is 0.408. The summed E-state index contributed by atoms with van der Waals surface area (Å²) in [5.41, 5.74) is 1.91. The molecule has 0 aromatic carbocycles. The maximum atomic E-state index is 12.8. The van der Waals surface area contributed by atoms with Gasteiger partial charge in [0.15, 0.2) is 16.6 Å². The van der Waals surface area contributed by atoms with E-state index in [1.807, 2.05) is 6.92 Å². The highest BCUT2D eigenvalue weighted by Gasteiger charge is 2.25. The van der Waals surface area contributed by atoms with Crippen molar-refractivity contribution in [3.8, 4) is 5.82 Å². The Morgan fingerprint density at radius 1 is 1.21 bits per heavy atom. The van der Waals surface area contributed by atoms with Crippen LogP contribution >= 0.6 is 23.2 Å². The molecule has 12 nitrogen and oxygen atoms in total. The van der Waals surface area contributed by atoms with Gasteiger partial charge in [0, 0.05) is 12.7 Å².